The number of aryl methyl sites for hydroxylation is 2. The van der Waals surface area contributed by atoms with Crippen LogP contribution in [0.5, 0.6) is 0 Å². The summed E-state index contributed by atoms with van der Waals surface area (Å²) in [6.45, 7) is 4.45. The molecule has 1 aliphatic carbocycles. The van der Waals surface area contributed by atoms with Gasteiger partial charge >= 0.3 is 0 Å². The van der Waals surface area contributed by atoms with Gasteiger partial charge in [0.25, 0.3) is 0 Å². The zero-order chi connectivity index (χ0) is 14.8. The second kappa shape index (κ2) is 6.35. The number of halogens is 1. The van der Waals surface area contributed by atoms with Gasteiger partial charge in [-0.3, -0.25) is 0 Å². The van der Waals surface area contributed by atoms with Gasteiger partial charge in [0.2, 0.25) is 0 Å². The van der Waals surface area contributed by atoms with Crippen LogP contribution < -0.4 is 0 Å². The van der Waals surface area contributed by atoms with E-state index in [9.17, 15) is 0 Å². The fraction of sp³-hybridized carbons (Fsp3) is 0.647. The van der Waals surface area contributed by atoms with Gasteiger partial charge in [0.05, 0.1) is 0 Å². The fourth-order valence-corrected chi connectivity index (χ4v) is 3.77. The van der Waals surface area contributed by atoms with E-state index in [1.807, 2.05) is 6.20 Å². The first-order valence-electron chi connectivity index (χ1n) is 8.10. The Morgan fingerprint density at radius 2 is 2.10 bits per heavy atom. The summed E-state index contributed by atoms with van der Waals surface area (Å²) in [6, 6.07) is 2.66. The lowest BCUT2D eigenvalue weighted by Crippen LogP contribution is -2.19. The van der Waals surface area contributed by atoms with Crippen molar-refractivity contribution in [1.29, 1.82) is 0 Å². The summed E-state index contributed by atoms with van der Waals surface area (Å²) in [5, 5.41) is 0. The van der Waals surface area contributed by atoms with Gasteiger partial charge < -0.3 is 4.57 Å². The van der Waals surface area contributed by atoms with Crippen molar-refractivity contribution >= 4 is 22.8 Å². The molecule has 0 N–H and O–H groups in total. The monoisotopic (exact) mass is 305 g/mol. The van der Waals surface area contributed by atoms with Crippen molar-refractivity contribution in [3.63, 3.8) is 0 Å². The predicted octanol–water partition coefficient (Wildman–Crippen LogP) is 4.66. The van der Waals surface area contributed by atoms with E-state index in [0.29, 0.717) is 17.8 Å². The maximum absolute atomic E-state index is 6.00. The molecule has 0 radical (unpaired) electrons. The van der Waals surface area contributed by atoms with Crippen LogP contribution in [0.2, 0.25) is 0 Å². The Bertz CT molecular complexity index is 620. The quantitative estimate of drug-likeness (QED) is 0.610. The Morgan fingerprint density at radius 1 is 1.29 bits per heavy atom. The van der Waals surface area contributed by atoms with Gasteiger partial charge in [0.15, 0.2) is 5.65 Å². The zero-order valence-electron chi connectivity index (χ0n) is 13.0. The molecule has 2 aromatic rings. The minimum Gasteiger partial charge on any atom is -0.309 e. The number of hydrogen-bond acceptors (Lipinski definition) is 2. The molecule has 1 aliphatic rings. The summed E-state index contributed by atoms with van der Waals surface area (Å²) in [5.41, 5.74) is 3.23. The van der Waals surface area contributed by atoms with E-state index in [-0.39, 0.29) is 0 Å². The van der Waals surface area contributed by atoms with E-state index in [1.165, 1.54) is 37.7 Å². The Morgan fingerprint density at radius 3 is 2.90 bits per heavy atom. The number of aromatic nitrogens is 3. The van der Waals surface area contributed by atoms with Crippen LogP contribution in [0.3, 0.4) is 0 Å². The molecule has 2 unspecified atom stereocenters. The lowest BCUT2D eigenvalue weighted by Gasteiger charge is -2.25. The highest BCUT2D eigenvalue weighted by molar-refractivity contribution is 6.17. The van der Waals surface area contributed by atoms with Gasteiger partial charge in [0.1, 0.15) is 11.3 Å². The van der Waals surface area contributed by atoms with Gasteiger partial charge in [0, 0.05) is 24.5 Å². The van der Waals surface area contributed by atoms with Crippen LogP contribution in [-0.2, 0) is 6.42 Å². The smallest absolute Gasteiger partial charge is 0.160 e. The van der Waals surface area contributed by atoms with Crippen LogP contribution in [-0.4, -0.2) is 20.4 Å². The van der Waals surface area contributed by atoms with Crippen molar-refractivity contribution in [3.8, 4) is 0 Å². The average molecular weight is 306 g/mol. The first-order valence-corrected chi connectivity index (χ1v) is 8.63. The molecule has 114 valence electrons. The third-order valence-electron chi connectivity index (χ3n) is 4.71. The summed E-state index contributed by atoms with van der Waals surface area (Å²) >= 11 is 6.00. The second-order valence-electron chi connectivity index (χ2n) is 6.38. The first-order chi connectivity index (χ1) is 10.2. The molecular formula is C17H24ClN3. The third-order valence-corrected chi connectivity index (χ3v) is 4.89. The van der Waals surface area contributed by atoms with E-state index in [1.54, 1.807) is 0 Å². The van der Waals surface area contributed by atoms with Gasteiger partial charge in [-0.05, 0) is 37.3 Å². The molecule has 2 aromatic heterocycles. The number of rotatable bonds is 3. The second-order valence-corrected chi connectivity index (χ2v) is 6.75. The fourth-order valence-electron chi connectivity index (χ4n) is 3.60. The van der Waals surface area contributed by atoms with Gasteiger partial charge in [-0.1, -0.05) is 26.2 Å². The number of alkyl halides is 1. The molecule has 0 spiro atoms. The first kappa shape index (κ1) is 14.8. The molecule has 1 saturated carbocycles. The summed E-state index contributed by atoms with van der Waals surface area (Å²) in [5.74, 6) is 2.41. The lowest BCUT2D eigenvalue weighted by atomic mass is 9.96. The van der Waals surface area contributed by atoms with Crippen molar-refractivity contribution in [2.24, 2.45) is 5.92 Å². The Labute approximate surface area is 131 Å². The summed E-state index contributed by atoms with van der Waals surface area (Å²) < 4.78 is 2.40. The van der Waals surface area contributed by atoms with Crippen LogP contribution in [0.4, 0.5) is 0 Å². The van der Waals surface area contributed by atoms with Crippen molar-refractivity contribution in [2.45, 2.75) is 58.4 Å². The molecule has 0 amide bonds. The van der Waals surface area contributed by atoms with E-state index < -0.39 is 0 Å². The summed E-state index contributed by atoms with van der Waals surface area (Å²) in [6.07, 6.45) is 9.31. The average Bonchev–Trinajstić information content (AvgIpc) is 2.65. The molecule has 3 nitrogen and oxygen atoms in total. The molecule has 0 aromatic carbocycles. The number of imidazole rings is 1. The molecule has 3 rings (SSSR count). The maximum Gasteiger partial charge on any atom is 0.160 e. The van der Waals surface area contributed by atoms with E-state index >= 15 is 0 Å². The van der Waals surface area contributed by atoms with Crippen molar-refractivity contribution < 1.29 is 0 Å². The minimum absolute atomic E-state index is 0.519. The highest BCUT2D eigenvalue weighted by Gasteiger charge is 2.26. The molecule has 0 aliphatic heterocycles. The molecule has 2 heterocycles. The van der Waals surface area contributed by atoms with Gasteiger partial charge in [-0.2, -0.15) is 0 Å². The van der Waals surface area contributed by atoms with Gasteiger partial charge in [-0.25, -0.2) is 9.97 Å². The summed E-state index contributed by atoms with van der Waals surface area (Å²) in [7, 11) is 0. The van der Waals surface area contributed by atoms with E-state index in [0.717, 1.165) is 23.4 Å². The van der Waals surface area contributed by atoms with Gasteiger partial charge in [-0.15, -0.1) is 11.6 Å². The Balaban J connectivity index is 2.11. The third kappa shape index (κ3) is 2.94. The molecule has 2 atom stereocenters. The van der Waals surface area contributed by atoms with Crippen molar-refractivity contribution in [1.82, 2.24) is 14.5 Å². The number of fused-ring (bicyclic) bond motifs is 1. The number of pyridine rings is 1. The molecule has 0 bridgehead atoms. The SMILES string of the molecule is Cc1cnc2c(c1)nc(CCCl)n2C1CCCCCC1C. The maximum atomic E-state index is 6.00. The number of hydrogen-bond donors (Lipinski definition) is 0. The van der Waals surface area contributed by atoms with Crippen LogP contribution in [0.15, 0.2) is 12.3 Å². The topological polar surface area (TPSA) is 30.7 Å². The van der Waals surface area contributed by atoms with Crippen LogP contribution >= 0.6 is 11.6 Å². The largest absolute Gasteiger partial charge is 0.309 e. The Kier molecular flexibility index (Phi) is 4.48. The lowest BCUT2D eigenvalue weighted by molar-refractivity contribution is 0.332. The van der Waals surface area contributed by atoms with Crippen molar-refractivity contribution in [3.05, 3.63) is 23.7 Å². The van der Waals surface area contributed by atoms with Crippen LogP contribution in [0, 0.1) is 12.8 Å². The highest BCUT2D eigenvalue weighted by Crippen LogP contribution is 2.35. The van der Waals surface area contributed by atoms with E-state index in [4.69, 9.17) is 16.6 Å². The highest BCUT2D eigenvalue weighted by atomic mass is 35.5. The molecular weight excluding hydrogens is 282 g/mol. The standard InChI is InChI=1S/C17H24ClN3/c1-12-10-14-17(19-11-12)21(16(20-14)8-9-18)15-7-5-3-4-6-13(15)2/h10-11,13,15H,3-9H2,1-2H3. The normalized spacial score (nSPS) is 23.4. The molecule has 4 heteroatoms. The molecule has 0 saturated heterocycles. The van der Waals surface area contributed by atoms with E-state index in [2.05, 4.69) is 29.5 Å². The zero-order valence-corrected chi connectivity index (χ0v) is 13.7. The predicted molar refractivity (Wildman–Crippen MR) is 88.0 cm³/mol. The van der Waals surface area contributed by atoms with Crippen LogP contribution in [0.25, 0.3) is 11.2 Å². The minimum atomic E-state index is 0.519. The van der Waals surface area contributed by atoms with Crippen molar-refractivity contribution in [2.75, 3.05) is 5.88 Å². The molecule has 21 heavy (non-hydrogen) atoms. The summed E-state index contributed by atoms with van der Waals surface area (Å²) in [4.78, 5) is 9.50. The van der Waals surface area contributed by atoms with Crippen LogP contribution in [0.1, 0.15) is 56.5 Å². The number of nitrogens with zero attached hydrogens (tertiary/aromatic N) is 3. The Hall–Kier alpha value is -1.09. The molecule has 1 fully saturated rings.